The third-order valence-corrected chi connectivity index (χ3v) is 3.41. The van der Waals surface area contributed by atoms with Crippen LogP contribution in [-0.2, 0) is 9.53 Å². The maximum atomic E-state index is 11.4. The van der Waals surface area contributed by atoms with Crippen molar-refractivity contribution in [1.82, 2.24) is 0 Å². The summed E-state index contributed by atoms with van der Waals surface area (Å²) in [6.45, 7) is 1.84. The Labute approximate surface area is 106 Å². The molecule has 1 heterocycles. The van der Waals surface area contributed by atoms with Crippen LogP contribution in [0.5, 0.6) is 0 Å². The molecule has 0 spiro atoms. The van der Waals surface area contributed by atoms with Gasteiger partial charge in [0.2, 0.25) is 5.91 Å². The average Bonchev–Trinajstić information content (AvgIpc) is 2.60. The number of alkyl halides is 1. The summed E-state index contributed by atoms with van der Waals surface area (Å²) in [6.07, 6.45) is 0.371. The van der Waals surface area contributed by atoms with Gasteiger partial charge in [0.25, 0.3) is 0 Å². The normalized spacial score (nSPS) is 9.94. The molecule has 0 radical (unpaired) electrons. The second-order valence-corrected chi connectivity index (χ2v) is 4.77. The Hall–Kier alpha value is -0.880. The number of aryl methyl sites for hydroxylation is 1. The second kappa shape index (κ2) is 6.00. The summed E-state index contributed by atoms with van der Waals surface area (Å²) in [5.41, 5.74) is 1.43. The van der Waals surface area contributed by atoms with E-state index in [9.17, 15) is 9.59 Å². The minimum atomic E-state index is -0.424. The molecule has 1 aromatic heterocycles. The molecule has 0 aliphatic carbocycles. The van der Waals surface area contributed by atoms with Crippen LogP contribution in [0.1, 0.15) is 21.7 Å². The molecule has 1 rings (SSSR count). The molecule has 1 aromatic rings. The van der Waals surface area contributed by atoms with Crippen LogP contribution >= 0.6 is 27.3 Å². The molecule has 4 nitrogen and oxygen atoms in total. The summed E-state index contributed by atoms with van der Waals surface area (Å²) in [5.74, 6) is -0.546. The first-order valence-corrected chi connectivity index (χ1v) is 6.62. The molecule has 0 aliphatic rings. The zero-order valence-electron chi connectivity index (χ0n) is 9.00. The first-order valence-electron chi connectivity index (χ1n) is 4.62. The van der Waals surface area contributed by atoms with Gasteiger partial charge < -0.3 is 10.1 Å². The van der Waals surface area contributed by atoms with Crippen LogP contribution in [0.15, 0.2) is 5.38 Å². The van der Waals surface area contributed by atoms with Gasteiger partial charge >= 0.3 is 5.97 Å². The summed E-state index contributed by atoms with van der Waals surface area (Å²) in [5, 5.41) is 5.12. The number of thiophene rings is 1. The van der Waals surface area contributed by atoms with E-state index in [1.165, 1.54) is 18.4 Å². The summed E-state index contributed by atoms with van der Waals surface area (Å²) in [6, 6.07) is 0. The molecular formula is C10H12BrNO3S. The highest BCUT2D eigenvalue weighted by Crippen LogP contribution is 2.28. The molecule has 0 saturated carbocycles. The number of carbonyl (C=O) groups is 2. The van der Waals surface area contributed by atoms with Crippen LogP contribution < -0.4 is 5.32 Å². The van der Waals surface area contributed by atoms with Crippen molar-refractivity contribution in [2.45, 2.75) is 13.3 Å². The molecule has 88 valence electrons. The van der Waals surface area contributed by atoms with Crippen molar-refractivity contribution in [2.24, 2.45) is 0 Å². The summed E-state index contributed by atoms with van der Waals surface area (Å²) in [7, 11) is 1.32. The van der Waals surface area contributed by atoms with Crippen molar-refractivity contribution in [1.29, 1.82) is 0 Å². The Balaban J connectivity index is 2.89. The van der Waals surface area contributed by atoms with Gasteiger partial charge in [0, 0.05) is 11.8 Å². The van der Waals surface area contributed by atoms with Crippen molar-refractivity contribution < 1.29 is 14.3 Å². The molecule has 0 atom stereocenters. The molecule has 1 N–H and O–H groups in total. The number of methoxy groups -OCH3 is 1. The SMILES string of the molecule is COC(=O)c1scc(C)c1NC(=O)CCBr. The fourth-order valence-corrected chi connectivity index (χ4v) is 2.41. The average molecular weight is 306 g/mol. The maximum Gasteiger partial charge on any atom is 0.350 e. The minimum absolute atomic E-state index is 0.122. The van der Waals surface area contributed by atoms with Gasteiger partial charge in [-0.05, 0) is 17.9 Å². The van der Waals surface area contributed by atoms with Crippen LogP contribution in [0.3, 0.4) is 0 Å². The first-order chi connectivity index (χ1) is 7.60. The highest BCUT2D eigenvalue weighted by molar-refractivity contribution is 9.09. The Morgan fingerprint density at radius 1 is 1.56 bits per heavy atom. The number of rotatable bonds is 4. The molecule has 0 fully saturated rings. The largest absolute Gasteiger partial charge is 0.465 e. The molecule has 16 heavy (non-hydrogen) atoms. The Morgan fingerprint density at radius 2 is 2.25 bits per heavy atom. The smallest absolute Gasteiger partial charge is 0.350 e. The monoisotopic (exact) mass is 305 g/mol. The highest BCUT2D eigenvalue weighted by atomic mass is 79.9. The first kappa shape index (κ1) is 13.2. The number of nitrogens with one attached hydrogen (secondary N) is 1. The van der Waals surface area contributed by atoms with E-state index in [0.29, 0.717) is 22.3 Å². The Morgan fingerprint density at radius 3 is 2.81 bits per heavy atom. The van der Waals surface area contributed by atoms with Gasteiger partial charge in [0.1, 0.15) is 4.88 Å². The standard InChI is InChI=1S/C10H12BrNO3S/c1-6-5-16-9(10(14)15-2)8(6)12-7(13)3-4-11/h5H,3-4H2,1-2H3,(H,12,13). The summed E-state index contributed by atoms with van der Waals surface area (Å²) >= 11 is 4.45. The molecule has 0 unspecified atom stereocenters. The van der Waals surface area contributed by atoms with Gasteiger partial charge in [-0.25, -0.2) is 4.79 Å². The lowest BCUT2D eigenvalue weighted by molar-refractivity contribution is -0.115. The molecule has 0 aromatic carbocycles. The molecule has 1 amide bonds. The van der Waals surface area contributed by atoms with Gasteiger partial charge in [-0.15, -0.1) is 11.3 Å². The van der Waals surface area contributed by atoms with Crippen molar-refractivity contribution in [2.75, 3.05) is 17.8 Å². The van der Waals surface area contributed by atoms with Crippen LogP contribution in [0.25, 0.3) is 0 Å². The Bertz CT molecular complexity index is 403. The van der Waals surface area contributed by atoms with Crippen molar-refractivity contribution >= 4 is 44.8 Å². The number of halogens is 1. The van der Waals surface area contributed by atoms with Gasteiger partial charge in [-0.1, -0.05) is 15.9 Å². The van der Waals surface area contributed by atoms with E-state index >= 15 is 0 Å². The van der Waals surface area contributed by atoms with Crippen LogP contribution in [0.4, 0.5) is 5.69 Å². The van der Waals surface area contributed by atoms with E-state index in [4.69, 9.17) is 0 Å². The van der Waals surface area contributed by atoms with E-state index in [2.05, 4.69) is 26.0 Å². The molecule has 0 bridgehead atoms. The van der Waals surface area contributed by atoms with Crippen LogP contribution in [0.2, 0.25) is 0 Å². The fourth-order valence-electron chi connectivity index (χ4n) is 1.13. The lowest BCUT2D eigenvalue weighted by Crippen LogP contribution is -2.14. The quantitative estimate of drug-likeness (QED) is 0.687. The highest BCUT2D eigenvalue weighted by Gasteiger charge is 2.18. The number of amides is 1. The van der Waals surface area contributed by atoms with Crippen LogP contribution in [0, 0.1) is 6.92 Å². The number of ether oxygens (including phenoxy) is 1. The lowest BCUT2D eigenvalue weighted by atomic mass is 10.2. The van der Waals surface area contributed by atoms with Crippen molar-refractivity contribution in [3.63, 3.8) is 0 Å². The van der Waals surface area contributed by atoms with E-state index in [0.717, 1.165) is 5.56 Å². The second-order valence-electron chi connectivity index (χ2n) is 3.10. The van der Waals surface area contributed by atoms with Gasteiger partial charge in [-0.3, -0.25) is 4.79 Å². The van der Waals surface area contributed by atoms with Crippen molar-refractivity contribution in [3.05, 3.63) is 15.8 Å². The molecule has 6 heteroatoms. The molecule has 0 aliphatic heterocycles. The zero-order valence-corrected chi connectivity index (χ0v) is 11.4. The van der Waals surface area contributed by atoms with E-state index in [-0.39, 0.29) is 5.91 Å². The predicted molar refractivity (Wildman–Crippen MR) is 67.4 cm³/mol. The van der Waals surface area contributed by atoms with E-state index < -0.39 is 5.97 Å². The summed E-state index contributed by atoms with van der Waals surface area (Å²) in [4.78, 5) is 23.3. The fraction of sp³-hybridized carbons (Fsp3) is 0.400. The zero-order chi connectivity index (χ0) is 12.1. The number of anilines is 1. The van der Waals surface area contributed by atoms with Crippen molar-refractivity contribution in [3.8, 4) is 0 Å². The maximum absolute atomic E-state index is 11.4. The minimum Gasteiger partial charge on any atom is -0.465 e. The number of esters is 1. The predicted octanol–water partition coefficient (Wildman–Crippen LogP) is 2.57. The van der Waals surface area contributed by atoms with Gasteiger partial charge in [-0.2, -0.15) is 0 Å². The van der Waals surface area contributed by atoms with E-state index in [1.807, 2.05) is 12.3 Å². The summed E-state index contributed by atoms with van der Waals surface area (Å²) < 4.78 is 4.64. The number of carbonyl (C=O) groups excluding carboxylic acids is 2. The third-order valence-electron chi connectivity index (χ3n) is 1.93. The number of hydrogen-bond donors (Lipinski definition) is 1. The van der Waals surface area contributed by atoms with Gasteiger partial charge in [0.05, 0.1) is 12.8 Å². The Kier molecular flexibility index (Phi) is 4.95. The topological polar surface area (TPSA) is 55.4 Å². The van der Waals surface area contributed by atoms with Gasteiger partial charge in [0.15, 0.2) is 0 Å². The molecular weight excluding hydrogens is 294 g/mol. The van der Waals surface area contributed by atoms with E-state index in [1.54, 1.807) is 0 Å². The number of hydrogen-bond acceptors (Lipinski definition) is 4. The molecule has 0 saturated heterocycles. The third kappa shape index (κ3) is 3.05. The lowest BCUT2D eigenvalue weighted by Gasteiger charge is -2.06. The van der Waals surface area contributed by atoms with Crippen LogP contribution in [-0.4, -0.2) is 24.3 Å².